The Hall–Kier alpha value is -1.26. The van der Waals surface area contributed by atoms with Crippen molar-refractivity contribution >= 4 is 11.8 Å². The number of aromatic nitrogens is 1. The van der Waals surface area contributed by atoms with Crippen LogP contribution in [0.15, 0.2) is 40.3 Å². The number of nitrogens with zero attached hydrogens (tertiary/aromatic N) is 1. The molecule has 0 radical (unpaired) electrons. The van der Waals surface area contributed by atoms with Crippen molar-refractivity contribution in [2.75, 3.05) is 5.75 Å². The molecule has 0 bridgehead atoms. The van der Waals surface area contributed by atoms with E-state index in [2.05, 4.69) is 37.0 Å². The smallest absolute Gasteiger partial charge is 0.255 e. The molecular formula is C13H16N2OS. The third-order valence-corrected chi connectivity index (χ3v) is 3.60. The van der Waals surface area contributed by atoms with Crippen LogP contribution in [-0.4, -0.2) is 10.7 Å². The summed E-state index contributed by atoms with van der Waals surface area (Å²) >= 11 is 1.54. The van der Waals surface area contributed by atoms with E-state index in [9.17, 15) is 0 Å². The highest BCUT2D eigenvalue weighted by Crippen LogP contribution is 2.24. The van der Waals surface area contributed by atoms with Crippen LogP contribution in [0.4, 0.5) is 0 Å². The second-order valence-electron chi connectivity index (χ2n) is 4.08. The van der Waals surface area contributed by atoms with Gasteiger partial charge >= 0.3 is 0 Å². The van der Waals surface area contributed by atoms with Gasteiger partial charge in [0.2, 0.25) is 0 Å². The van der Waals surface area contributed by atoms with Crippen LogP contribution in [0.1, 0.15) is 22.7 Å². The molecule has 1 heterocycles. The molecule has 3 nitrogen and oxygen atoms in total. The molecule has 2 rings (SSSR count). The first-order valence-corrected chi connectivity index (χ1v) is 6.50. The number of nitrogens with two attached hydrogens (primary N) is 1. The summed E-state index contributed by atoms with van der Waals surface area (Å²) in [5.74, 6) is 0.769. The molecule has 0 aliphatic heterocycles. The molecule has 1 unspecified atom stereocenters. The van der Waals surface area contributed by atoms with Crippen LogP contribution in [0.3, 0.4) is 0 Å². The van der Waals surface area contributed by atoms with Gasteiger partial charge in [-0.15, -0.1) is 0 Å². The fourth-order valence-electron chi connectivity index (χ4n) is 1.69. The van der Waals surface area contributed by atoms with E-state index in [4.69, 9.17) is 10.2 Å². The zero-order valence-corrected chi connectivity index (χ0v) is 10.8. The molecule has 0 spiro atoms. The van der Waals surface area contributed by atoms with Crippen LogP contribution in [0, 0.1) is 13.8 Å². The minimum Gasteiger partial charge on any atom is -0.440 e. The summed E-state index contributed by atoms with van der Waals surface area (Å²) in [6.07, 6.45) is 3.22. The zero-order valence-electron chi connectivity index (χ0n) is 10.0. The molecule has 4 heteroatoms. The van der Waals surface area contributed by atoms with E-state index in [-0.39, 0.29) is 6.04 Å². The van der Waals surface area contributed by atoms with Gasteiger partial charge in [-0.2, -0.15) is 0 Å². The minimum absolute atomic E-state index is 0.00630. The van der Waals surface area contributed by atoms with Gasteiger partial charge in [-0.05, 0) is 25.0 Å². The van der Waals surface area contributed by atoms with Gasteiger partial charge in [-0.1, -0.05) is 35.5 Å². The van der Waals surface area contributed by atoms with E-state index in [0.717, 1.165) is 5.75 Å². The Labute approximate surface area is 105 Å². The second kappa shape index (κ2) is 5.38. The van der Waals surface area contributed by atoms with Crippen LogP contribution in [0.2, 0.25) is 0 Å². The maximum absolute atomic E-state index is 6.19. The van der Waals surface area contributed by atoms with E-state index in [1.807, 2.05) is 0 Å². The molecule has 0 saturated carbocycles. The predicted molar refractivity (Wildman–Crippen MR) is 70.1 cm³/mol. The van der Waals surface area contributed by atoms with Gasteiger partial charge in [0, 0.05) is 11.8 Å². The standard InChI is InChI=1S/C13H16N2OS/c1-9-3-4-10(2)11(7-9)12(14)8-17-13-15-5-6-16-13/h3-7,12H,8,14H2,1-2H3. The van der Waals surface area contributed by atoms with Gasteiger partial charge in [-0.3, -0.25) is 0 Å². The quantitative estimate of drug-likeness (QED) is 0.845. The maximum Gasteiger partial charge on any atom is 0.255 e. The summed E-state index contributed by atoms with van der Waals surface area (Å²) in [5, 5.41) is 0.672. The molecule has 0 saturated heterocycles. The second-order valence-corrected chi connectivity index (χ2v) is 5.05. The molecule has 2 aromatic rings. The highest BCUT2D eigenvalue weighted by atomic mass is 32.2. The number of hydrogen-bond donors (Lipinski definition) is 1. The van der Waals surface area contributed by atoms with Crippen molar-refractivity contribution in [1.29, 1.82) is 0 Å². The zero-order chi connectivity index (χ0) is 12.3. The summed E-state index contributed by atoms with van der Waals surface area (Å²) in [6.45, 7) is 4.17. The lowest BCUT2D eigenvalue weighted by Gasteiger charge is -2.14. The first kappa shape index (κ1) is 12.2. The normalized spacial score (nSPS) is 12.6. The number of rotatable bonds is 4. The fourth-order valence-corrected chi connectivity index (χ4v) is 2.45. The van der Waals surface area contributed by atoms with Crippen LogP contribution < -0.4 is 5.73 Å². The maximum atomic E-state index is 6.19. The van der Waals surface area contributed by atoms with E-state index in [0.29, 0.717) is 5.22 Å². The molecule has 0 aliphatic rings. The average Bonchev–Trinajstić information content (AvgIpc) is 2.82. The molecule has 2 N–H and O–H groups in total. The predicted octanol–water partition coefficient (Wildman–Crippen LogP) is 3.08. The number of oxazole rings is 1. The van der Waals surface area contributed by atoms with Gasteiger partial charge < -0.3 is 10.2 Å². The van der Waals surface area contributed by atoms with Crippen LogP contribution in [0.25, 0.3) is 0 Å². The number of hydrogen-bond acceptors (Lipinski definition) is 4. The molecule has 1 atom stereocenters. The highest BCUT2D eigenvalue weighted by Gasteiger charge is 2.11. The Bertz CT molecular complexity index is 482. The van der Waals surface area contributed by atoms with E-state index < -0.39 is 0 Å². The van der Waals surface area contributed by atoms with Crippen LogP contribution in [0.5, 0.6) is 0 Å². The molecule has 1 aromatic carbocycles. The highest BCUT2D eigenvalue weighted by molar-refractivity contribution is 7.99. The van der Waals surface area contributed by atoms with E-state index >= 15 is 0 Å². The van der Waals surface area contributed by atoms with E-state index in [1.165, 1.54) is 16.7 Å². The first-order valence-electron chi connectivity index (χ1n) is 5.52. The monoisotopic (exact) mass is 248 g/mol. The number of aryl methyl sites for hydroxylation is 2. The molecule has 0 amide bonds. The Kier molecular flexibility index (Phi) is 3.86. The third-order valence-electron chi connectivity index (χ3n) is 2.63. The SMILES string of the molecule is Cc1ccc(C)c(C(N)CSc2ncco2)c1. The van der Waals surface area contributed by atoms with Gasteiger partial charge in [0.1, 0.15) is 6.26 Å². The fraction of sp³-hybridized carbons (Fsp3) is 0.308. The van der Waals surface area contributed by atoms with Gasteiger partial charge in [-0.25, -0.2) is 4.98 Å². The minimum atomic E-state index is 0.00630. The van der Waals surface area contributed by atoms with Crippen molar-refractivity contribution in [3.05, 3.63) is 47.3 Å². The number of benzene rings is 1. The Morgan fingerprint density at radius 3 is 2.94 bits per heavy atom. The lowest BCUT2D eigenvalue weighted by atomic mass is 10.0. The molecule has 17 heavy (non-hydrogen) atoms. The van der Waals surface area contributed by atoms with Crippen molar-refractivity contribution in [2.24, 2.45) is 5.73 Å². The largest absolute Gasteiger partial charge is 0.440 e. The summed E-state index contributed by atoms with van der Waals surface area (Å²) in [7, 11) is 0. The molecular weight excluding hydrogens is 232 g/mol. The van der Waals surface area contributed by atoms with Crippen molar-refractivity contribution in [3.8, 4) is 0 Å². The molecule has 90 valence electrons. The van der Waals surface area contributed by atoms with Crippen LogP contribution in [-0.2, 0) is 0 Å². The molecule has 0 aliphatic carbocycles. The molecule has 0 fully saturated rings. The number of thioether (sulfide) groups is 1. The topological polar surface area (TPSA) is 52.0 Å². The Morgan fingerprint density at radius 1 is 1.41 bits per heavy atom. The van der Waals surface area contributed by atoms with Crippen molar-refractivity contribution in [1.82, 2.24) is 4.98 Å². The summed E-state index contributed by atoms with van der Waals surface area (Å²) < 4.78 is 5.17. The summed E-state index contributed by atoms with van der Waals surface area (Å²) in [4.78, 5) is 4.06. The van der Waals surface area contributed by atoms with Crippen molar-refractivity contribution in [2.45, 2.75) is 25.1 Å². The third kappa shape index (κ3) is 3.11. The van der Waals surface area contributed by atoms with Gasteiger partial charge in [0.25, 0.3) is 5.22 Å². The summed E-state index contributed by atoms with van der Waals surface area (Å²) in [6, 6.07) is 6.37. The molecule has 1 aromatic heterocycles. The van der Waals surface area contributed by atoms with E-state index in [1.54, 1.807) is 24.2 Å². The summed E-state index contributed by atoms with van der Waals surface area (Å²) in [5.41, 5.74) is 9.86. The van der Waals surface area contributed by atoms with Gasteiger partial charge in [0.05, 0.1) is 6.20 Å². The Morgan fingerprint density at radius 2 is 2.24 bits per heavy atom. The Balaban J connectivity index is 2.04. The first-order chi connectivity index (χ1) is 8.16. The lowest BCUT2D eigenvalue weighted by Crippen LogP contribution is -2.14. The van der Waals surface area contributed by atoms with Crippen molar-refractivity contribution < 1.29 is 4.42 Å². The van der Waals surface area contributed by atoms with Crippen molar-refractivity contribution in [3.63, 3.8) is 0 Å². The van der Waals surface area contributed by atoms with Crippen LogP contribution >= 0.6 is 11.8 Å². The lowest BCUT2D eigenvalue weighted by molar-refractivity contribution is 0.454. The van der Waals surface area contributed by atoms with Gasteiger partial charge in [0.15, 0.2) is 0 Å². The average molecular weight is 248 g/mol.